The van der Waals surface area contributed by atoms with Gasteiger partial charge in [0.2, 0.25) is 0 Å². The zero-order valence-electron chi connectivity index (χ0n) is 20.5. The molecule has 0 unspecified atom stereocenters. The number of carbonyl (C=O) groups excluding carboxylic acids is 1. The lowest BCUT2D eigenvalue weighted by molar-refractivity contribution is 0.102. The highest BCUT2D eigenvalue weighted by Crippen LogP contribution is 2.36. The Kier molecular flexibility index (Phi) is 6.54. The van der Waals surface area contributed by atoms with Crippen LogP contribution in [-0.4, -0.2) is 33.7 Å². The molecule has 4 aromatic rings. The summed E-state index contributed by atoms with van der Waals surface area (Å²) in [4.78, 5) is 17.7. The smallest absolute Gasteiger partial charge is 0.259 e. The molecule has 1 N–H and O–H groups in total. The lowest BCUT2D eigenvalue weighted by atomic mass is 10.1. The van der Waals surface area contributed by atoms with Crippen LogP contribution in [-0.2, 0) is 0 Å². The summed E-state index contributed by atoms with van der Waals surface area (Å²) in [7, 11) is 0. The summed E-state index contributed by atoms with van der Waals surface area (Å²) in [5.74, 6) is 1.17. The molecule has 2 heterocycles. The molecule has 7 heteroatoms. The number of rotatable bonds is 7. The molecule has 2 aromatic carbocycles. The molecular weight excluding hydrogens is 428 g/mol. The number of hydrogen-bond acceptors (Lipinski definition) is 5. The van der Waals surface area contributed by atoms with Gasteiger partial charge in [0.25, 0.3) is 5.91 Å². The Labute approximate surface area is 199 Å². The van der Waals surface area contributed by atoms with Crippen molar-refractivity contribution in [1.82, 2.24) is 14.6 Å². The van der Waals surface area contributed by atoms with E-state index in [0.717, 1.165) is 39.3 Å². The second-order valence-corrected chi connectivity index (χ2v) is 8.31. The Hall–Kier alpha value is -3.87. The second-order valence-electron chi connectivity index (χ2n) is 8.31. The van der Waals surface area contributed by atoms with E-state index >= 15 is 0 Å². The average molecular weight is 459 g/mol. The molecule has 2 aromatic heterocycles. The predicted octanol–water partition coefficient (Wildman–Crippen LogP) is 5.68. The first-order valence-electron chi connectivity index (χ1n) is 11.5. The van der Waals surface area contributed by atoms with Crippen LogP contribution in [0.3, 0.4) is 0 Å². The highest BCUT2D eigenvalue weighted by Gasteiger charge is 2.20. The first-order valence-corrected chi connectivity index (χ1v) is 11.5. The molecule has 0 fully saturated rings. The zero-order valence-corrected chi connectivity index (χ0v) is 20.5. The third-order valence-electron chi connectivity index (χ3n) is 5.62. The highest BCUT2D eigenvalue weighted by molar-refractivity contribution is 6.05. The van der Waals surface area contributed by atoms with Crippen LogP contribution in [0.15, 0.2) is 42.6 Å². The van der Waals surface area contributed by atoms with Gasteiger partial charge in [-0.15, -0.1) is 0 Å². The summed E-state index contributed by atoms with van der Waals surface area (Å²) >= 11 is 0. The minimum atomic E-state index is -0.216. The van der Waals surface area contributed by atoms with Crippen molar-refractivity contribution in [3.8, 4) is 22.6 Å². The van der Waals surface area contributed by atoms with E-state index in [0.29, 0.717) is 35.9 Å². The van der Waals surface area contributed by atoms with Crippen LogP contribution in [0.5, 0.6) is 11.5 Å². The van der Waals surface area contributed by atoms with Crippen molar-refractivity contribution in [2.24, 2.45) is 0 Å². The number of aromatic nitrogens is 3. The fourth-order valence-electron chi connectivity index (χ4n) is 4.21. The lowest BCUT2D eigenvalue weighted by Crippen LogP contribution is -2.16. The maximum atomic E-state index is 13.1. The molecule has 0 saturated carbocycles. The molecule has 0 bridgehead atoms. The largest absolute Gasteiger partial charge is 0.490 e. The van der Waals surface area contributed by atoms with Crippen molar-refractivity contribution < 1.29 is 14.3 Å². The van der Waals surface area contributed by atoms with Gasteiger partial charge in [-0.2, -0.15) is 5.10 Å². The van der Waals surface area contributed by atoms with Gasteiger partial charge in [0.05, 0.1) is 30.2 Å². The van der Waals surface area contributed by atoms with Crippen LogP contribution in [0.1, 0.15) is 46.7 Å². The molecule has 4 rings (SSSR count). The lowest BCUT2D eigenvalue weighted by Gasteiger charge is -2.13. The van der Waals surface area contributed by atoms with E-state index in [4.69, 9.17) is 14.6 Å². The number of benzene rings is 2. The normalized spacial score (nSPS) is 11.0. The van der Waals surface area contributed by atoms with Crippen molar-refractivity contribution in [1.29, 1.82) is 0 Å². The molecule has 7 nitrogen and oxygen atoms in total. The van der Waals surface area contributed by atoms with E-state index in [1.54, 1.807) is 10.7 Å². The van der Waals surface area contributed by atoms with Gasteiger partial charge in [-0.1, -0.05) is 12.1 Å². The summed E-state index contributed by atoms with van der Waals surface area (Å²) in [6.07, 6.45) is 1.62. The number of nitrogens with zero attached hydrogens (tertiary/aromatic N) is 3. The average Bonchev–Trinajstić information content (AvgIpc) is 3.11. The van der Waals surface area contributed by atoms with Gasteiger partial charge in [-0.25, -0.2) is 9.50 Å². The second kappa shape index (κ2) is 9.55. The number of aryl methyl sites for hydroxylation is 4. The topological polar surface area (TPSA) is 77.8 Å². The van der Waals surface area contributed by atoms with Gasteiger partial charge in [0.1, 0.15) is 0 Å². The molecule has 0 radical (unpaired) electrons. The number of hydrogen-bond donors (Lipinski definition) is 1. The number of fused-ring (bicyclic) bond motifs is 1. The molecule has 34 heavy (non-hydrogen) atoms. The summed E-state index contributed by atoms with van der Waals surface area (Å²) in [5.41, 5.74) is 7.46. The Morgan fingerprint density at radius 1 is 0.941 bits per heavy atom. The van der Waals surface area contributed by atoms with Crippen LogP contribution in [0.25, 0.3) is 16.8 Å². The van der Waals surface area contributed by atoms with Gasteiger partial charge in [-0.05, 0) is 82.5 Å². The van der Waals surface area contributed by atoms with Gasteiger partial charge in [0.15, 0.2) is 17.1 Å². The summed E-state index contributed by atoms with van der Waals surface area (Å²) in [6, 6.07) is 11.8. The third kappa shape index (κ3) is 4.46. The van der Waals surface area contributed by atoms with Crippen molar-refractivity contribution in [2.75, 3.05) is 18.5 Å². The van der Waals surface area contributed by atoms with Crippen LogP contribution < -0.4 is 14.8 Å². The SMILES string of the molecule is CCOc1ccc(-c2c(C)nn3c(C)c(C(=O)Nc4cc(C)cc(C)c4)cnc23)cc1OCC. The maximum Gasteiger partial charge on any atom is 0.259 e. The minimum absolute atomic E-state index is 0.216. The molecular formula is C27H30N4O3. The number of nitrogens with one attached hydrogen (secondary N) is 1. The Bertz CT molecular complexity index is 1350. The number of ether oxygens (including phenoxy) is 2. The molecule has 0 aliphatic rings. The molecule has 176 valence electrons. The highest BCUT2D eigenvalue weighted by atomic mass is 16.5. The Balaban J connectivity index is 1.74. The molecule has 0 aliphatic heterocycles. The summed E-state index contributed by atoms with van der Waals surface area (Å²) in [5, 5.41) is 7.69. The van der Waals surface area contributed by atoms with Crippen molar-refractivity contribution in [3.63, 3.8) is 0 Å². The van der Waals surface area contributed by atoms with E-state index < -0.39 is 0 Å². The maximum absolute atomic E-state index is 13.1. The third-order valence-corrected chi connectivity index (χ3v) is 5.62. The fraction of sp³-hybridized carbons (Fsp3) is 0.296. The molecule has 1 amide bonds. The van der Waals surface area contributed by atoms with Gasteiger partial charge in [-0.3, -0.25) is 4.79 Å². The first-order chi connectivity index (χ1) is 16.3. The molecule has 0 aliphatic carbocycles. The Morgan fingerprint density at radius 3 is 2.29 bits per heavy atom. The van der Waals surface area contributed by atoms with Gasteiger partial charge < -0.3 is 14.8 Å². The van der Waals surface area contributed by atoms with Gasteiger partial charge in [0, 0.05) is 17.4 Å². The molecule has 0 atom stereocenters. The van der Waals surface area contributed by atoms with Crippen LogP contribution >= 0.6 is 0 Å². The predicted molar refractivity (Wildman–Crippen MR) is 134 cm³/mol. The van der Waals surface area contributed by atoms with Crippen LogP contribution in [0, 0.1) is 27.7 Å². The standard InChI is InChI=1S/C27H30N4O3/c1-7-33-23-10-9-20(14-24(23)34-8-2)25-18(5)30-31-19(6)22(15-28-26(25)31)27(32)29-21-12-16(3)11-17(4)13-21/h9-15H,7-8H2,1-6H3,(H,29,32). The van der Waals surface area contributed by atoms with E-state index in [-0.39, 0.29) is 5.91 Å². The Morgan fingerprint density at radius 2 is 1.62 bits per heavy atom. The van der Waals surface area contributed by atoms with E-state index in [1.807, 2.05) is 71.9 Å². The molecule has 0 spiro atoms. The first kappa shape index (κ1) is 23.3. The van der Waals surface area contributed by atoms with Crippen LogP contribution in [0.2, 0.25) is 0 Å². The van der Waals surface area contributed by atoms with Gasteiger partial charge >= 0.3 is 0 Å². The number of amides is 1. The zero-order chi connectivity index (χ0) is 24.4. The van der Waals surface area contributed by atoms with Crippen molar-refractivity contribution >= 4 is 17.2 Å². The fourth-order valence-corrected chi connectivity index (χ4v) is 4.21. The van der Waals surface area contributed by atoms with Crippen LogP contribution in [0.4, 0.5) is 5.69 Å². The van der Waals surface area contributed by atoms with Crippen molar-refractivity contribution in [3.05, 3.63) is 70.7 Å². The minimum Gasteiger partial charge on any atom is -0.490 e. The van der Waals surface area contributed by atoms with E-state index in [2.05, 4.69) is 16.4 Å². The molecule has 0 saturated heterocycles. The summed E-state index contributed by atoms with van der Waals surface area (Å²) in [6.45, 7) is 12.8. The summed E-state index contributed by atoms with van der Waals surface area (Å²) < 4.78 is 13.2. The van der Waals surface area contributed by atoms with E-state index in [1.165, 1.54) is 0 Å². The monoisotopic (exact) mass is 458 g/mol. The van der Waals surface area contributed by atoms with Crippen molar-refractivity contribution in [2.45, 2.75) is 41.5 Å². The number of anilines is 1. The number of carbonyl (C=O) groups is 1. The van der Waals surface area contributed by atoms with E-state index in [9.17, 15) is 4.79 Å². The quantitative estimate of drug-likeness (QED) is 0.386.